The molecule has 2 nitrogen and oxygen atoms in total. The fraction of sp³-hybridized carbons (Fsp3) is 0.500. The number of pyridine rings is 1. The van der Waals surface area contributed by atoms with Crippen LogP contribution in [0.5, 0.6) is 0 Å². The van der Waals surface area contributed by atoms with Gasteiger partial charge in [-0.3, -0.25) is 0 Å². The minimum absolute atomic E-state index is 0.0472. The van der Waals surface area contributed by atoms with E-state index in [1.54, 1.807) is 6.20 Å². The number of alkyl halides is 3. The Hall–Kier alpha value is -0.780. The maximum absolute atomic E-state index is 11.9. The fourth-order valence-electron chi connectivity index (χ4n) is 1.16. The summed E-state index contributed by atoms with van der Waals surface area (Å²) in [6.45, 7) is 2.15. The zero-order valence-electron chi connectivity index (χ0n) is 8.74. The van der Waals surface area contributed by atoms with Crippen molar-refractivity contribution in [3.8, 4) is 0 Å². The monoisotopic (exact) mass is 296 g/mol. The Kier molecular flexibility index (Phi) is 4.58. The molecule has 1 heterocycles. The second kappa shape index (κ2) is 5.52. The van der Waals surface area contributed by atoms with E-state index >= 15 is 0 Å². The highest BCUT2D eigenvalue weighted by atomic mass is 79.9. The summed E-state index contributed by atoms with van der Waals surface area (Å²) in [4.78, 5) is 4.03. The first-order valence-corrected chi connectivity index (χ1v) is 5.61. The van der Waals surface area contributed by atoms with Crippen LogP contribution in [0.1, 0.15) is 18.4 Å². The van der Waals surface area contributed by atoms with Gasteiger partial charge in [0.05, 0.1) is 4.47 Å². The summed E-state index contributed by atoms with van der Waals surface area (Å²) in [6, 6.07) is 1.82. The molecule has 1 aromatic rings. The first kappa shape index (κ1) is 13.3. The molecule has 0 saturated heterocycles. The lowest BCUT2D eigenvalue weighted by Crippen LogP contribution is -2.11. The van der Waals surface area contributed by atoms with Gasteiger partial charge in [0.2, 0.25) is 0 Å². The van der Waals surface area contributed by atoms with Crippen molar-refractivity contribution >= 4 is 21.7 Å². The van der Waals surface area contributed by atoms with E-state index in [4.69, 9.17) is 0 Å². The summed E-state index contributed by atoms with van der Waals surface area (Å²) in [6.07, 6.45) is -3.19. The number of rotatable bonds is 4. The zero-order chi connectivity index (χ0) is 12.2. The maximum atomic E-state index is 11.9. The second-order valence-corrected chi connectivity index (χ2v) is 4.23. The third-order valence-corrected chi connectivity index (χ3v) is 3.01. The number of hydrogen-bond donors (Lipinski definition) is 1. The molecule has 1 aromatic heterocycles. The lowest BCUT2D eigenvalue weighted by atomic mass is 10.3. The van der Waals surface area contributed by atoms with Gasteiger partial charge in [-0.2, -0.15) is 13.2 Å². The van der Waals surface area contributed by atoms with E-state index < -0.39 is 12.6 Å². The van der Waals surface area contributed by atoms with Crippen molar-refractivity contribution in [2.45, 2.75) is 25.9 Å². The third-order valence-electron chi connectivity index (χ3n) is 2.01. The van der Waals surface area contributed by atoms with Crippen molar-refractivity contribution in [2.24, 2.45) is 0 Å². The number of aryl methyl sites for hydroxylation is 1. The SMILES string of the molecule is Cc1ccnc(NCCCC(F)(F)F)c1Br. The van der Waals surface area contributed by atoms with Gasteiger partial charge in [0.25, 0.3) is 0 Å². The largest absolute Gasteiger partial charge is 0.389 e. The predicted molar refractivity (Wildman–Crippen MR) is 60.5 cm³/mol. The molecule has 0 fully saturated rings. The Balaban J connectivity index is 2.41. The van der Waals surface area contributed by atoms with Crippen LogP contribution in [0.4, 0.5) is 19.0 Å². The molecule has 0 amide bonds. The second-order valence-electron chi connectivity index (χ2n) is 3.44. The van der Waals surface area contributed by atoms with E-state index in [0.29, 0.717) is 5.82 Å². The Bertz CT molecular complexity index is 352. The summed E-state index contributed by atoms with van der Waals surface area (Å²) in [5.74, 6) is 0.585. The summed E-state index contributed by atoms with van der Waals surface area (Å²) >= 11 is 3.32. The average molecular weight is 297 g/mol. The number of halogens is 4. The van der Waals surface area contributed by atoms with Crippen molar-refractivity contribution in [3.05, 3.63) is 22.3 Å². The Morgan fingerprint density at radius 3 is 2.75 bits per heavy atom. The van der Waals surface area contributed by atoms with Gasteiger partial charge in [-0.15, -0.1) is 0 Å². The Labute approximate surface area is 100 Å². The van der Waals surface area contributed by atoms with Gasteiger partial charge in [0.1, 0.15) is 5.82 Å². The van der Waals surface area contributed by atoms with Gasteiger partial charge in [-0.25, -0.2) is 4.98 Å². The molecule has 90 valence electrons. The van der Waals surface area contributed by atoms with Gasteiger partial charge in [0.15, 0.2) is 0 Å². The lowest BCUT2D eigenvalue weighted by molar-refractivity contribution is -0.134. The number of anilines is 1. The molecule has 0 bridgehead atoms. The van der Waals surface area contributed by atoms with E-state index in [0.717, 1.165) is 10.0 Å². The van der Waals surface area contributed by atoms with Crippen molar-refractivity contribution < 1.29 is 13.2 Å². The van der Waals surface area contributed by atoms with Crippen molar-refractivity contribution in [1.82, 2.24) is 4.98 Å². The molecule has 16 heavy (non-hydrogen) atoms. The van der Waals surface area contributed by atoms with E-state index in [9.17, 15) is 13.2 Å². The molecular formula is C10H12BrF3N2. The summed E-state index contributed by atoms with van der Waals surface area (Å²) < 4.78 is 36.4. The molecule has 1 N–H and O–H groups in total. The molecular weight excluding hydrogens is 285 g/mol. The quantitative estimate of drug-likeness (QED) is 0.852. The normalized spacial score (nSPS) is 11.6. The first-order chi connectivity index (χ1) is 7.40. The van der Waals surface area contributed by atoms with E-state index in [2.05, 4.69) is 26.2 Å². The highest BCUT2D eigenvalue weighted by Crippen LogP contribution is 2.24. The first-order valence-electron chi connectivity index (χ1n) is 4.82. The molecule has 0 aliphatic carbocycles. The van der Waals surface area contributed by atoms with Gasteiger partial charge in [-0.1, -0.05) is 0 Å². The minimum Gasteiger partial charge on any atom is -0.369 e. The number of nitrogens with zero attached hydrogens (tertiary/aromatic N) is 1. The molecule has 0 radical (unpaired) electrons. The predicted octanol–water partition coefficient (Wildman–Crippen LogP) is 3.91. The summed E-state index contributed by atoms with van der Waals surface area (Å²) in [7, 11) is 0. The molecule has 0 atom stereocenters. The zero-order valence-corrected chi connectivity index (χ0v) is 10.3. The molecule has 0 aliphatic rings. The van der Waals surface area contributed by atoms with Crippen LogP contribution in [-0.4, -0.2) is 17.7 Å². The molecule has 0 aliphatic heterocycles. The van der Waals surface area contributed by atoms with E-state index in [1.807, 2.05) is 13.0 Å². The molecule has 1 rings (SSSR count). The average Bonchev–Trinajstić information content (AvgIpc) is 2.17. The molecule has 0 saturated carbocycles. The van der Waals surface area contributed by atoms with Gasteiger partial charge in [0, 0.05) is 19.2 Å². The highest BCUT2D eigenvalue weighted by molar-refractivity contribution is 9.10. The minimum atomic E-state index is -4.08. The van der Waals surface area contributed by atoms with E-state index in [-0.39, 0.29) is 13.0 Å². The lowest BCUT2D eigenvalue weighted by Gasteiger charge is -2.10. The topological polar surface area (TPSA) is 24.9 Å². The fourth-order valence-corrected chi connectivity index (χ4v) is 1.53. The summed E-state index contributed by atoms with van der Waals surface area (Å²) in [5.41, 5.74) is 0.994. The van der Waals surface area contributed by atoms with Gasteiger partial charge >= 0.3 is 6.18 Å². The van der Waals surface area contributed by atoms with E-state index in [1.165, 1.54) is 0 Å². The van der Waals surface area contributed by atoms with Crippen molar-refractivity contribution in [1.29, 1.82) is 0 Å². The van der Waals surface area contributed by atoms with Crippen LogP contribution in [-0.2, 0) is 0 Å². The van der Waals surface area contributed by atoms with Crippen molar-refractivity contribution in [2.75, 3.05) is 11.9 Å². The third kappa shape index (κ3) is 4.38. The van der Waals surface area contributed by atoms with Crippen LogP contribution in [0, 0.1) is 6.92 Å². The number of nitrogens with one attached hydrogen (secondary N) is 1. The van der Waals surface area contributed by atoms with Crippen molar-refractivity contribution in [3.63, 3.8) is 0 Å². The van der Waals surface area contributed by atoms with Gasteiger partial charge < -0.3 is 5.32 Å². The van der Waals surface area contributed by atoms with Crippen LogP contribution < -0.4 is 5.32 Å². The van der Waals surface area contributed by atoms with Crippen LogP contribution in [0.3, 0.4) is 0 Å². The molecule has 0 unspecified atom stereocenters. The Morgan fingerprint density at radius 2 is 2.12 bits per heavy atom. The van der Waals surface area contributed by atoms with Gasteiger partial charge in [-0.05, 0) is 40.9 Å². The van der Waals surface area contributed by atoms with Crippen LogP contribution in [0.15, 0.2) is 16.7 Å². The number of hydrogen-bond acceptors (Lipinski definition) is 2. The highest BCUT2D eigenvalue weighted by Gasteiger charge is 2.25. The van der Waals surface area contributed by atoms with Crippen LogP contribution in [0.25, 0.3) is 0 Å². The number of aromatic nitrogens is 1. The maximum Gasteiger partial charge on any atom is 0.389 e. The Morgan fingerprint density at radius 1 is 1.44 bits per heavy atom. The summed E-state index contributed by atoms with van der Waals surface area (Å²) in [5, 5.41) is 2.87. The smallest absolute Gasteiger partial charge is 0.369 e. The molecule has 0 spiro atoms. The molecule has 6 heteroatoms. The standard InChI is InChI=1S/C10H12BrF3N2/c1-7-3-6-16-9(8(7)11)15-5-2-4-10(12,13)14/h3,6H,2,4-5H2,1H3,(H,15,16). The van der Waals surface area contributed by atoms with Crippen LogP contribution >= 0.6 is 15.9 Å². The molecule has 0 aromatic carbocycles. The van der Waals surface area contributed by atoms with Crippen LogP contribution in [0.2, 0.25) is 0 Å².